The topological polar surface area (TPSA) is 114 Å². The minimum Gasteiger partial charge on any atom is -0.542 e. The van der Waals surface area contributed by atoms with Crippen molar-refractivity contribution in [2.24, 2.45) is 0 Å². The number of carbonyl (C=O) groups is 4. The number of Topliss-reactive ketones (excluding diaryl/α,β-unsaturated/α-hetero) is 2. The van der Waals surface area contributed by atoms with E-state index in [4.69, 9.17) is 0 Å². The van der Waals surface area contributed by atoms with Crippen LogP contribution >= 0.6 is 0 Å². The van der Waals surface area contributed by atoms with Gasteiger partial charge in [-0.3, -0.25) is 9.59 Å². The Hall–Kier alpha value is 0.280. The van der Waals surface area contributed by atoms with Crippen molar-refractivity contribution in [2.45, 2.75) is 6.42 Å². The van der Waals surface area contributed by atoms with Gasteiger partial charge in [-0.1, -0.05) is 0 Å². The molecular weight excluding hydrogens is 202 g/mol. The van der Waals surface area contributed by atoms with Crippen molar-refractivity contribution in [3.63, 3.8) is 0 Å². The van der Waals surface area contributed by atoms with Crippen LogP contribution < -0.4 is 69.3 Å². The van der Waals surface area contributed by atoms with Crippen LogP contribution in [0.5, 0.6) is 0 Å². The van der Waals surface area contributed by atoms with E-state index in [1.165, 1.54) is 0 Å². The van der Waals surface area contributed by atoms with Gasteiger partial charge in [-0.05, 0) is 0 Å². The van der Waals surface area contributed by atoms with Gasteiger partial charge in [-0.2, -0.15) is 0 Å². The Bertz CT molecular complexity index is 211. The Balaban J connectivity index is -0.000000500. The molecule has 0 atom stereocenters. The average Bonchev–Trinajstić information content (AvgIpc) is 1.87. The summed E-state index contributed by atoms with van der Waals surface area (Å²) in [6, 6.07) is 0. The molecule has 0 aromatic heterocycles. The van der Waals surface area contributed by atoms with E-state index in [1.54, 1.807) is 0 Å². The second-order valence-corrected chi connectivity index (χ2v) is 1.60. The first-order valence-corrected chi connectivity index (χ1v) is 2.43. The summed E-state index contributed by atoms with van der Waals surface area (Å²) in [5, 5.41) is 19.3. The second kappa shape index (κ2) is 8.86. The number of hydrogen-bond acceptors (Lipinski definition) is 6. The largest absolute Gasteiger partial charge is 1.00 e. The quantitative estimate of drug-likeness (QED) is 0.255. The number of carboxylic acid groups (broad SMARTS) is 2. The molecule has 60 valence electrons. The molecule has 0 heterocycles. The van der Waals surface area contributed by atoms with Gasteiger partial charge in [0.1, 0.15) is 11.9 Å². The molecule has 0 aliphatic carbocycles. The Kier molecular flexibility index (Phi) is 12.9. The molecule has 0 aromatic rings. The first kappa shape index (κ1) is 18.9. The molecule has 0 radical (unpaired) electrons. The van der Waals surface area contributed by atoms with Crippen molar-refractivity contribution in [3.8, 4) is 0 Å². The van der Waals surface area contributed by atoms with E-state index in [-0.39, 0.29) is 59.1 Å². The van der Waals surface area contributed by atoms with E-state index in [0.29, 0.717) is 0 Å². The molecule has 0 fully saturated rings. The minimum absolute atomic E-state index is 0. The van der Waals surface area contributed by atoms with Gasteiger partial charge in [0, 0.05) is 0 Å². The third-order valence-electron chi connectivity index (χ3n) is 0.776. The average molecular weight is 204 g/mol. The van der Waals surface area contributed by atoms with Crippen LogP contribution in [-0.2, 0) is 19.2 Å². The van der Waals surface area contributed by atoms with Crippen molar-refractivity contribution in [3.05, 3.63) is 0 Å². The molecule has 0 rings (SSSR count). The van der Waals surface area contributed by atoms with Crippen LogP contribution in [0.1, 0.15) is 6.42 Å². The predicted octanol–water partition coefficient (Wildman–Crippen LogP) is -9.98. The molecule has 0 amide bonds. The van der Waals surface area contributed by atoms with Crippen LogP contribution in [-0.4, -0.2) is 23.5 Å². The number of rotatable bonds is 4. The van der Waals surface area contributed by atoms with Gasteiger partial charge >= 0.3 is 59.1 Å². The third-order valence-corrected chi connectivity index (χ3v) is 0.776. The monoisotopic (exact) mass is 204 g/mol. The molecule has 0 spiro atoms. The smallest absolute Gasteiger partial charge is 0.542 e. The molecule has 8 heteroatoms. The van der Waals surface area contributed by atoms with E-state index in [1.807, 2.05) is 0 Å². The summed E-state index contributed by atoms with van der Waals surface area (Å²) in [5.41, 5.74) is 0. The van der Waals surface area contributed by atoms with Crippen LogP contribution in [0.15, 0.2) is 0 Å². The van der Waals surface area contributed by atoms with E-state index < -0.39 is 29.9 Å². The maximum atomic E-state index is 10.1. The van der Waals surface area contributed by atoms with Crippen molar-refractivity contribution >= 4 is 23.5 Å². The fraction of sp³-hybridized carbons (Fsp3) is 0.200. The fourth-order valence-corrected chi connectivity index (χ4v) is 0.290. The summed E-state index contributed by atoms with van der Waals surface area (Å²) in [6.07, 6.45) is -1.22. The zero-order valence-corrected chi connectivity index (χ0v) is 11.2. The van der Waals surface area contributed by atoms with Crippen molar-refractivity contribution in [2.75, 3.05) is 0 Å². The SMILES string of the molecule is O=C([O-])C(=O)CC(=O)C(=O)[O-].[Na+].[Na+]. The van der Waals surface area contributed by atoms with E-state index in [0.717, 1.165) is 0 Å². The van der Waals surface area contributed by atoms with Gasteiger partial charge in [-0.15, -0.1) is 0 Å². The van der Waals surface area contributed by atoms with Crippen LogP contribution in [0.3, 0.4) is 0 Å². The number of ketones is 2. The molecule has 0 N–H and O–H groups in total. The van der Waals surface area contributed by atoms with E-state index in [9.17, 15) is 29.4 Å². The maximum absolute atomic E-state index is 10.1. The van der Waals surface area contributed by atoms with Gasteiger partial charge in [0.25, 0.3) is 0 Å². The molecule has 0 unspecified atom stereocenters. The zero-order valence-electron chi connectivity index (χ0n) is 7.16. The molecule has 0 saturated carbocycles. The van der Waals surface area contributed by atoms with Crippen LogP contribution in [0, 0.1) is 0 Å². The van der Waals surface area contributed by atoms with Gasteiger partial charge in [0.05, 0.1) is 6.42 Å². The molecule has 0 bridgehead atoms. The number of hydrogen-bond donors (Lipinski definition) is 0. The number of aliphatic carboxylic acids is 2. The number of carbonyl (C=O) groups excluding carboxylic acids is 4. The summed E-state index contributed by atoms with van der Waals surface area (Å²) in [6.45, 7) is 0. The van der Waals surface area contributed by atoms with Crippen LogP contribution in [0.2, 0.25) is 0 Å². The fourth-order valence-electron chi connectivity index (χ4n) is 0.290. The van der Waals surface area contributed by atoms with Crippen molar-refractivity contribution in [1.29, 1.82) is 0 Å². The molecule has 0 aliphatic rings. The summed E-state index contributed by atoms with van der Waals surface area (Å²) >= 11 is 0. The first-order valence-electron chi connectivity index (χ1n) is 2.43. The third kappa shape index (κ3) is 8.61. The normalized spacial score (nSPS) is 7.38. The molecule has 0 aromatic carbocycles. The predicted molar refractivity (Wildman–Crippen MR) is 24.6 cm³/mol. The summed E-state index contributed by atoms with van der Waals surface area (Å²) in [5.74, 6) is -7.31. The first-order chi connectivity index (χ1) is 4.95. The maximum Gasteiger partial charge on any atom is 1.00 e. The Morgan fingerprint density at radius 3 is 1.15 bits per heavy atom. The van der Waals surface area contributed by atoms with Crippen LogP contribution in [0.4, 0.5) is 0 Å². The molecule has 0 aliphatic heterocycles. The molecule has 0 saturated heterocycles. The van der Waals surface area contributed by atoms with Crippen LogP contribution in [0.25, 0.3) is 0 Å². The van der Waals surface area contributed by atoms with E-state index in [2.05, 4.69) is 0 Å². The second-order valence-electron chi connectivity index (χ2n) is 1.60. The summed E-state index contributed by atoms with van der Waals surface area (Å²) in [4.78, 5) is 39.4. The van der Waals surface area contributed by atoms with Gasteiger partial charge in [0.2, 0.25) is 0 Å². The Morgan fingerprint density at radius 2 is 1.00 bits per heavy atom. The van der Waals surface area contributed by atoms with E-state index >= 15 is 0 Å². The zero-order chi connectivity index (χ0) is 9.02. The van der Waals surface area contributed by atoms with Gasteiger partial charge < -0.3 is 19.8 Å². The Morgan fingerprint density at radius 1 is 0.769 bits per heavy atom. The summed E-state index contributed by atoms with van der Waals surface area (Å²) in [7, 11) is 0. The van der Waals surface area contributed by atoms with Gasteiger partial charge in [-0.25, -0.2) is 0 Å². The van der Waals surface area contributed by atoms with Crippen molar-refractivity contribution < 1.29 is 88.5 Å². The minimum atomic E-state index is -2.08. The molecule has 13 heavy (non-hydrogen) atoms. The van der Waals surface area contributed by atoms with Crippen molar-refractivity contribution in [1.82, 2.24) is 0 Å². The molecule has 6 nitrogen and oxygen atoms in total. The standard InChI is InChI=1S/C5H4O6.2Na/c6-2(4(8)9)1-3(7)5(10)11;;/h1H2,(H,8,9)(H,10,11);;/q;2*+1/p-2. The summed E-state index contributed by atoms with van der Waals surface area (Å²) < 4.78 is 0. The Labute approximate surface area is 117 Å². The number of carboxylic acids is 2. The molecular formula is C5H2Na2O6. The van der Waals surface area contributed by atoms with Gasteiger partial charge in [0.15, 0.2) is 11.6 Å².